The zero-order valence-corrected chi connectivity index (χ0v) is 19.1. The first kappa shape index (κ1) is 21.4. The maximum atomic E-state index is 13.5. The number of ketones is 1. The molecular weight excluding hydrogens is 434 g/mol. The molecule has 0 spiro atoms. The molecule has 1 heterocycles. The summed E-state index contributed by atoms with van der Waals surface area (Å²) in [4.78, 5) is 32.0. The summed E-state index contributed by atoms with van der Waals surface area (Å²) in [7, 11) is 0. The number of aryl methyl sites for hydroxylation is 1. The fourth-order valence-electron chi connectivity index (χ4n) is 4.72. The Bertz CT molecular complexity index is 1340. The molecule has 164 valence electrons. The molecule has 1 atom stereocenters. The van der Waals surface area contributed by atoms with Crippen LogP contribution in [0.15, 0.2) is 71.7 Å². The number of hydrogen-bond donors (Lipinski definition) is 0. The number of rotatable bonds is 4. The molecule has 33 heavy (non-hydrogen) atoms. The van der Waals surface area contributed by atoms with Gasteiger partial charge in [-0.3, -0.25) is 14.6 Å². The molecule has 5 heteroatoms. The fourth-order valence-corrected chi connectivity index (χ4v) is 4.85. The lowest BCUT2D eigenvalue weighted by Crippen LogP contribution is -2.29. The van der Waals surface area contributed by atoms with Gasteiger partial charge in [0.1, 0.15) is 5.92 Å². The van der Waals surface area contributed by atoms with Gasteiger partial charge < -0.3 is 4.74 Å². The van der Waals surface area contributed by atoms with Crippen LogP contribution in [0.25, 0.3) is 11.1 Å². The van der Waals surface area contributed by atoms with E-state index in [0.717, 1.165) is 27.8 Å². The second kappa shape index (κ2) is 8.45. The monoisotopic (exact) mass is 455 g/mol. The summed E-state index contributed by atoms with van der Waals surface area (Å²) >= 11 is 6.14. The van der Waals surface area contributed by atoms with Crippen molar-refractivity contribution in [3.63, 3.8) is 0 Å². The number of halogens is 1. The van der Waals surface area contributed by atoms with Crippen LogP contribution in [0.1, 0.15) is 34.7 Å². The van der Waals surface area contributed by atoms with Crippen LogP contribution in [0.5, 0.6) is 0 Å². The van der Waals surface area contributed by atoms with Gasteiger partial charge in [-0.25, -0.2) is 0 Å². The molecule has 2 aliphatic rings. The van der Waals surface area contributed by atoms with Crippen molar-refractivity contribution < 1.29 is 14.3 Å². The molecule has 0 radical (unpaired) electrons. The molecule has 3 aromatic carbocycles. The number of hydrogen-bond acceptors (Lipinski definition) is 4. The van der Waals surface area contributed by atoms with Gasteiger partial charge >= 0.3 is 5.97 Å². The van der Waals surface area contributed by atoms with Gasteiger partial charge in [0.25, 0.3) is 0 Å². The van der Waals surface area contributed by atoms with E-state index < -0.39 is 11.9 Å². The molecule has 0 amide bonds. The van der Waals surface area contributed by atoms with E-state index in [1.807, 2.05) is 61.5 Å². The Hall–Kier alpha value is -3.50. The minimum atomic E-state index is -0.855. The van der Waals surface area contributed by atoms with Gasteiger partial charge in [-0.05, 0) is 59.9 Å². The Labute approximate surface area is 197 Å². The molecule has 1 aliphatic carbocycles. The van der Waals surface area contributed by atoms with Gasteiger partial charge in [-0.2, -0.15) is 0 Å². The van der Waals surface area contributed by atoms with Gasteiger partial charge in [-0.1, -0.05) is 60.1 Å². The summed E-state index contributed by atoms with van der Waals surface area (Å²) in [6.07, 6.45) is 0.308. The Morgan fingerprint density at radius 1 is 1.03 bits per heavy atom. The Balaban J connectivity index is 1.90. The number of Topliss-reactive ketones (excluding diaryl/α,β-unsaturated/α-hetero) is 1. The third-order valence-electron chi connectivity index (χ3n) is 6.21. The highest BCUT2D eigenvalue weighted by Gasteiger charge is 2.41. The SMILES string of the molecule is CCOC(=O)C1C(c2ccc(Cl)cc2)=Nc2ccc(C)c3c2C(=C1c1ccccc1)C(=O)C3. The summed E-state index contributed by atoms with van der Waals surface area (Å²) in [6, 6.07) is 20.8. The molecule has 3 aromatic rings. The second-order valence-corrected chi connectivity index (χ2v) is 8.64. The summed E-state index contributed by atoms with van der Waals surface area (Å²) in [5.74, 6) is -1.28. The Morgan fingerprint density at radius 3 is 2.45 bits per heavy atom. The van der Waals surface area contributed by atoms with Crippen molar-refractivity contribution in [2.24, 2.45) is 10.9 Å². The number of benzene rings is 3. The first-order valence-corrected chi connectivity index (χ1v) is 11.3. The zero-order chi connectivity index (χ0) is 23.1. The molecule has 1 unspecified atom stereocenters. The molecule has 0 N–H and O–H groups in total. The molecule has 0 saturated heterocycles. The summed E-state index contributed by atoms with van der Waals surface area (Å²) in [6.45, 7) is 4.01. The van der Waals surface area contributed by atoms with Crippen molar-refractivity contribution >= 4 is 45.9 Å². The van der Waals surface area contributed by atoms with Crippen LogP contribution in [-0.4, -0.2) is 24.1 Å². The molecule has 0 saturated carbocycles. The Kier molecular flexibility index (Phi) is 5.47. The molecule has 0 fully saturated rings. The first-order valence-electron chi connectivity index (χ1n) is 11.0. The number of aliphatic imine (C=N–C) groups is 1. The molecule has 0 bridgehead atoms. The predicted octanol–water partition coefficient (Wildman–Crippen LogP) is 6.00. The van der Waals surface area contributed by atoms with Crippen LogP contribution in [0, 0.1) is 12.8 Å². The van der Waals surface area contributed by atoms with E-state index in [9.17, 15) is 9.59 Å². The van der Waals surface area contributed by atoms with E-state index in [1.54, 1.807) is 19.1 Å². The smallest absolute Gasteiger partial charge is 0.319 e. The largest absolute Gasteiger partial charge is 0.465 e. The normalized spacial score (nSPS) is 16.9. The van der Waals surface area contributed by atoms with Crippen LogP contribution in [0.3, 0.4) is 0 Å². The van der Waals surface area contributed by atoms with E-state index >= 15 is 0 Å². The highest BCUT2D eigenvalue weighted by molar-refractivity contribution is 6.38. The number of allylic oxidation sites excluding steroid dienone is 1. The zero-order valence-electron chi connectivity index (χ0n) is 18.4. The minimum Gasteiger partial charge on any atom is -0.465 e. The lowest BCUT2D eigenvalue weighted by Gasteiger charge is -2.22. The summed E-state index contributed by atoms with van der Waals surface area (Å²) in [5.41, 5.74) is 6.88. The van der Waals surface area contributed by atoms with Gasteiger partial charge in [0.15, 0.2) is 5.78 Å². The predicted molar refractivity (Wildman–Crippen MR) is 131 cm³/mol. The number of carbonyl (C=O) groups excluding carboxylic acids is 2. The standard InChI is InChI=1S/C28H22ClNO3/c1-3-33-28(32)26-23(17-7-5-4-6-8-17)25-22(31)15-20-16(2)9-14-21(24(20)25)30-27(26)18-10-12-19(29)13-11-18/h4-14,26H,3,15H2,1-2H3. The van der Waals surface area contributed by atoms with E-state index in [2.05, 4.69) is 0 Å². The van der Waals surface area contributed by atoms with Crippen LogP contribution in [0.2, 0.25) is 5.02 Å². The molecule has 1 aliphatic heterocycles. The average Bonchev–Trinajstić information content (AvgIpc) is 3.07. The van der Waals surface area contributed by atoms with Gasteiger partial charge in [-0.15, -0.1) is 0 Å². The fraction of sp³-hybridized carbons (Fsp3) is 0.179. The van der Waals surface area contributed by atoms with Gasteiger partial charge in [0.2, 0.25) is 0 Å². The minimum absolute atomic E-state index is 0.00116. The van der Waals surface area contributed by atoms with Crippen LogP contribution >= 0.6 is 11.6 Å². The first-order chi connectivity index (χ1) is 16.0. The third-order valence-corrected chi connectivity index (χ3v) is 6.46. The maximum Gasteiger partial charge on any atom is 0.319 e. The van der Waals surface area contributed by atoms with Crippen LogP contribution < -0.4 is 0 Å². The van der Waals surface area contributed by atoms with Gasteiger partial charge in [0, 0.05) is 22.6 Å². The van der Waals surface area contributed by atoms with E-state index in [1.165, 1.54) is 0 Å². The molecule has 4 nitrogen and oxygen atoms in total. The number of nitrogens with zero attached hydrogens (tertiary/aromatic N) is 1. The number of ether oxygens (including phenoxy) is 1. The highest BCUT2D eigenvalue weighted by Crippen LogP contribution is 2.48. The lowest BCUT2D eigenvalue weighted by molar-refractivity contribution is -0.143. The highest BCUT2D eigenvalue weighted by atomic mass is 35.5. The maximum absolute atomic E-state index is 13.5. The van der Waals surface area contributed by atoms with Crippen molar-refractivity contribution in [3.8, 4) is 0 Å². The van der Waals surface area contributed by atoms with Gasteiger partial charge in [0.05, 0.1) is 18.0 Å². The topological polar surface area (TPSA) is 55.7 Å². The second-order valence-electron chi connectivity index (χ2n) is 8.20. The van der Waals surface area contributed by atoms with Crippen LogP contribution in [0.4, 0.5) is 5.69 Å². The lowest BCUT2D eigenvalue weighted by atomic mass is 9.82. The van der Waals surface area contributed by atoms with Crippen LogP contribution in [-0.2, 0) is 20.7 Å². The van der Waals surface area contributed by atoms with E-state index in [4.69, 9.17) is 21.3 Å². The van der Waals surface area contributed by atoms with Crippen molar-refractivity contribution in [1.29, 1.82) is 0 Å². The van der Waals surface area contributed by atoms with Crippen molar-refractivity contribution in [2.45, 2.75) is 20.3 Å². The van der Waals surface area contributed by atoms with Crippen molar-refractivity contribution in [3.05, 3.63) is 99.6 Å². The Morgan fingerprint density at radius 2 is 1.76 bits per heavy atom. The quantitative estimate of drug-likeness (QED) is 0.453. The van der Waals surface area contributed by atoms with Crippen molar-refractivity contribution in [1.82, 2.24) is 0 Å². The molecule has 5 rings (SSSR count). The number of carbonyl (C=O) groups is 2. The van der Waals surface area contributed by atoms with Crippen molar-refractivity contribution in [2.75, 3.05) is 6.61 Å². The summed E-state index contributed by atoms with van der Waals surface area (Å²) < 4.78 is 5.54. The molecule has 0 aromatic heterocycles. The van der Waals surface area contributed by atoms with E-state index in [-0.39, 0.29) is 12.4 Å². The average molecular weight is 456 g/mol. The number of esters is 1. The summed E-state index contributed by atoms with van der Waals surface area (Å²) in [5, 5.41) is 0.592. The third kappa shape index (κ3) is 3.61. The molecular formula is C28H22ClNO3. The van der Waals surface area contributed by atoms with E-state index in [0.29, 0.717) is 34.0 Å².